The van der Waals surface area contributed by atoms with Crippen LogP contribution in [-0.4, -0.2) is 15.1 Å². The van der Waals surface area contributed by atoms with Crippen molar-refractivity contribution in [3.8, 4) is 5.75 Å². The van der Waals surface area contributed by atoms with Gasteiger partial charge in [-0.15, -0.1) is 0 Å². The summed E-state index contributed by atoms with van der Waals surface area (Å²) in [7, 11) is 0. The van der Waals surface area contributed by atoms with Crippen LogP contribution in [0.2, 0.25) is 0 Å². The minimum Gasteiger partial charge on any atom is -0.481 e. The second kappa shape index (κ2) is 5.77. The molecule has 0 fully saturated rings. The molecule has 0 aliphatic carbocycles. The van der Waals surface area contributed by atoms with Gasteiger partial charge < -0.3 is 9.26 Å². The van der Waals surface area contributed by atoms with Crippen molar-refractivity contribution in [2.75, 3.05) is 0 Å². The van der Waals surface area contributed by atoms with Crippen LogP contribution in [0.5, 0.6) is 5.75 Å². The summed E-state index contributed by atoms with van der Waals surface area (Å²) in [5, 5.41) is 3.85. The Morgan fingerprint density at radius 3 is 3.12 bits per heavy atom. The number of aryl methyl sites for hydroxylation is 1. The Bertz CT molecular complexity index is 487. The van der Waals surface area contributed by atoms with E-state index in [-0.39, 0.29) is 6.61 Å². The molecule has 0 saturated heterocycles. The fourth-order valence-electron chi connectivity index (χ4n) is 1.29. The van der Waals surface area contributed by atoms with Gasteiger partial charge in [0.25, 0.3) is 5.89 Å². The van der Waals surface area contributed by atoms with E-state index in [1.54, 1.807) is 12.3 Å². The average Bonchev–Trinajstić information content (AvgIpc) is 2.76. The molecule has 2 rings (SSSR count). The van der Waals surface area contributed by atoms with E-state index in [1.165, 1.54) is 0 Å². The third-order valence-electron chi connectivity index (χ3n) is 2.06. The Balaban J connectivity index is 1.95. The lowest BCUT2D eigenvalue weighted by Crippen LogP contribution is -1.97. The van der Waals surface area contributed by atoms with Gasteiger partial charge in [-0.2, -0.15) is 4.98 Å². The molecular weight excluding hydrogens is 286 g/mol. The van der Waals surface area contributed by atoms with E-state index >= 15 is 0 Å². The van der Waals surface area contributed by atoms with Crippen molar-refractivity contribution < 1.29 is 9.26 Å². The van der Waals surface area contributed by atoms with Gasteiger partial charge in [0.15, 0.2) is 18.2 Å². The summed E-state index contributed by atoms with van der Waals surface area (Å²) in [6.07, 6.45) is 3.50. The number of aromatic nitrogens is 3. The molecular formula is C11H12BrN3O2. The molecule has 17 heavy (non-hydrogen) atoms. The van der Waals surface area contributed by atoms with Crippen LogP contribution < -0.4 is 4.74 Å². The lowest BCUT2D eigenvalue weighted by molar-refractivity contribution is 0.240. The van der Waals surface area contributed by atoms with Gasteiger partial charge in [-0.25, -0.2) is 4.98 Å². The Labute approximate surface area is 107 Å². The molecule has 5 nitrogen and oxygen atoms in total. The first-order valence-electron chi connectivity index (χ1n) is 5.34. The fourth-order valence-corrected chi connectivity index (χ4v) is 1.66. The normalized spacial score (nSPS) is 10.5. The van der Waals surface area contributed by atoms with Gasteiger partial charge in [0, 0.05) is 12.6 Å². The lowest BCUT2D eigenvalue weighted by atomic mass is 10.3. The van der Waals surface area contributed by atoms with Crippen molar-refractivity contribution >= 4 is 15.9 Å². The molecule has 0 saturated carbocycles. The molecule has 0 spiro atoms. The molecule has 0 unspecified atom stereocenters. The third-order valence-corrected chi connectivity index (χ3v) is 2.66. The highest BCUT2D eigenvalue weighted by atomic mass is 79.9. The van der Waals surface area contributed by atoms with Gasteiger partial charge >= 0.3 is 0 Å². The maximum Gasteiger partial charge on any atom is 0.264 e. The van der Waals surface area contributed by atoms with E-state index < -0.39 is 0 Å². The predicted octanol–water partition coefficient (Wildman–Crippen LogP) is 2.76. The van der Waals surface area contributed by atoms with Crippen LogP contribution >= 0.6 is 15.9 Å². The van der Waals surface area contributed by atoms with Gasteiger partial charge in [-0.1, -0.05) is 12.1 Å². The van der Waals surface area contributed by atoms with E-state index in [0.717, 1.165) is 18.7 Å². The van der Waals surface area contributed by atoms with Crippen LogP contribution in [0.3, 0.4) is 0 Å². The van der Waals surface area contributed by atoms with Crippen molar-refractivity contribution in [1.29, 1.82) is 0 Å². The summed E-state index contributed by atoms with van der Waals surface area (Å²) in [5.41, 5.74) is 0. The summed E-state index contributed by atoms with van der Waals surface area (Å²) in [6.45, 7) is 2.32. The average molecular weight is 298 g/mol. The Morgan fingerprint density at radius 1 is 1.47 bits per heavy atom. The number of ether oxygens (including phenoxy) is 1. The van der Waals surface area contributed by atoms with Crippen LogP contribution in [0, 0.1) is 0 Å². The molecule has 0 atom stereocenters. The van der Waals surface area contributed by atoms with Gasteiger partial charge in [0.1, 0.15) is 4.60 Å². The van der Waals surface area contributed by atoms with Gasteiger partial charge in [0.2, 0.25) is 0 Å². The maximum absolute atomic E-state index is 5.51. The minimum atomic E-state index is 0.251. The number of rotatable bonds is 5. The zero-order valence-electron chi connectivity index (χ0n) is 9.39. The highest BCUT2D eigenvalue weighted by Gasteiger charge is 2.07. The quantitative estimate of drug-likeness (QED) is 0.794. The van der Waals surface area contributed by atoms with Gasteiger partial charge in [-0.3, -0.25) is 0 Å². The van der Waals surface area contributed by atoms with Crippen LogP contribution in [0.25, 0.3) is 0 Å². The molecule has 0 N–H and O–H groups in total. The topological polar surface area (TPSA) is 61.0 Å². The highest BCUT2D eigenvalue weighted by molar-refractivity contribution is 9.10. The van der Waals surface area contributed by atoms with Crippen molar-refractivity contribution in [2.24, 2.45) is 0 Å². The Kier molecular flexibility index (Phi) is 4.08. The van der Waals surface area contributed by atoms with Crippen LogP contribution in [0.15, 0.2) is 27.5 Å². The minimum absolute atomic E-state index is 0.251. The molecule has 0 radical (unpaired) electrons. The molecule has 0 aliphatic rings. The van der Waals surface area contributed by atoms with E-state index in [0.29, 0.717) is 16.2 Å². The largest absolute Gasteiger partial charge is 0.481 e. The zero-order chi connectivity index (χ0) is 12.1. The first kappa shape index (κ1) is 12.0. The smallest absolute Gasteiger partial charge is 0.264 e. The van der Waals surface area contributed by atoms with Crippen LogP contribution in [0.1, 0.15) is 25.1 Å². The zero-order valence-corrected chi connectivity index (χ0v) is 11.0. The predicted molar refractivity (Wildman–Crippen MR) is 64.6 cm³/mol. The van der Waals surface area contributed by atoms with E-state index in [1.807, 2.05) is 6.07 Å². The first-order chi connectivity index (χ1) is 8.29. The number of nitrogens with zero attached hydrogens (tertiary/aromatic N) is 3. The molecule has 6 heteroatoms. The lowest BCUT2D eigenvalue weighted by Gasteiger charge is -2.03. The van der Waals surface area contributed by atoms with E-state index in [4.69, 9.17) is 9.26 Å². The molecule has 0 aliphatic heterocycles. The summed E-state index contributed by atoms with van der Waals surface area (Å²) >= 11 is 3.30. The Morgan fingerprint density at radius 2 is 2.35 bits per heavy atom. The maximum atomic E-state index is 5.51. The van der Waals surface area contributed by atoms with Crippen molar-refractivity contribution in [3.05, 3.63) is 34.6 Å². The molecule has 0 bridgehead atoms. The number of hydrogen-bond donors (Lipinski definition) is 0. The second-order valence-corrected chi connectivity index (χ2v) is 4.19. The number of hydrogen-bond acceptors (Lipinski definition) is 5. The van der Waals surface area contributed by atoms with Crippen molar-refractivity contribution in [3.63, 3.8) is 0 Å². The Hall–Kier alpha value is -1.43. The monoisotopic (exact) mass is 297 g/mol. The van der Waals surface area contributed by atoms with Crippen molar-refractivity contribution in [1.82, 2.24) is 15.1 Å². The SMILES string of the molecule is CCCc1noc(COc2cccnc2Br)n1. The molecule has 2 aromatic rings. The summed E-state index contributed by atoms with van der Waals surface area (Å²) in [4.78, 5) is 8.26. The third kappa shape index (κ3) is 3.26. The molecule has 0 aromatic carbocycles. The standard InChI is InChI=1S/C11H12BrN3O2/c1-2-4-9-14-10(17-15-9)7-16-8-5-3-6-13-11(8)12/h3,5-6H,2,4,7H2,1H3. The molecule has 2 aromatic heterocycles. The highest BCUT2D eigenvalue weighted by Crippen LogP contribution is 2.21. The van der Waals surface area contributed by atoms with E-state index in [9.17, 15) is 0 Å². The number of halogens is 1. The molecule has 2 heterocycles. The molecule has 0 amide bonds. The summed E-state index contributed by atoms with van der Waals surface area (Å²) < 4.78 is 11.2. The van der Waals surface area contributed by atoms with Gasteiger partial charge in [0.05, 0.1) is 0 Å². The second-order valence-electron chi connectivity index (χ2n) is 3.44. The van der Waals surface area contributed by atoms with E-state index in [2.05, 4.69) is 38.0 Å². The number of pyridine rings is 1. The van der Waals surface area contributed by atoms with Crippen LogP contribution in [-0.2, 0) is 13.0 Å². The molecule has 90 valence electrons. The summed E-state index contributed by atoms with van der Waals surface area (Å²) in [5.74, 6) is 1.85. The fraction of sp³-hybridized carbons (Fsp3) is 0.364. The first-order valence-corrected chi connectivity index (χ1v) is 6.13. The van der Waals surface area contributed by atoms with Crippen molar-refractivity contribution in [2.45, 2.75) is 26.4 Å². The summed E-state index contributed by atoms with van der Waals surface area (Å²) in [6, 6.07) is 3.62. The van der Waals surface area contributed by atoms with Gasteiger partial charge in [-0.05, 0) is 34.5 Å². The van der Waals surface area contributed by atoms with Crippen LogP contribution in [0.4, 0.5) is 0 Å².